The Hall–Kier alpha value is -2.80. The van der Waals surface area contributed by atoms with E-state index in [0.29, 0.717) is 22.6 Å². The average molecular weight is 417 g/mol. The van der Waals surface area contributed by atoms with Gasteiger partial charge in [-0.1, -0.05) is 57.9 Å². The van der Waals surface area contributed by atoms with Crippen LogP contribution in [0, 0.1) is 0 Å². The zero-order valence-corrected chi connectivity index (χ0v) is 14.8. The molecule has 0 bridgehead atoms. The Morgan fingerprint density at radius 3 is 1.85 bits per heavy atom. The van der Waals surface area contributed by atoms with Gasteiger partial charge in [0.15, 0.2) is 34.1 Å². The third-order valence-electron chi connectivity index (χ3n) is 3.47. The minimum atomic E-state index is -0.0695. The molecule has 0 atom stereocenters. The summed E-state index contributed by atoms with van der Waals surface area (Å²) in [5, 5.41) is 9.20. The van der Waals surface area contributed by atoms with Crippen LogP contribution in [0.25, 0.3) is 21.9 Å². The van der Waals surface area contributed by atoms with E-state index in [9.17, 15) is 9.59 Å². The van der Waals surface area contributed by atoms with Gasteiger partial charge in [-0.25, -0.2) is 0 Å². The molecule has 0 aliphatic rings. The van der Waals surface area contributed by atoms with Crippen LogP contribution in [0.1, 0.15) is 35.3 Å². The number of ketones is 2. The van der Waals surface area contributed by atoms with Crippen molar-refractivity contribution in [1.82, 2.24) is 10.3 Å². The number of carbonyl (C=O) groups is 2. The van der Waals surface area contributed by atoms with E-state index in [2.05, 4.69) is 26.2 Å². The third kappa shape index (κ3) is 3.88. The second-order valence-corrected chi connectivity index (χ2v) is 5.73. The fraction of sp³-hybridized carbons (Fsp3) is 0.158. The summed E-state index contributed by atoms with van der Waals surface area (Å²) in [5.41, 5.74) is 2.10. The first-order valence-electron chi connectivity index (χ1n) is 7.40. The number of benzene rings is 2. The smallest absolute Gasteiger partial charge is 0.195 e. The second-order valence-electron chi connectivity index (χ2n) is 5.17. The predicted molar refractivity (Wildman–Crippen MR) is 103 cm³/mol. The average Bonchev–Trinajstić information content (AvgIpc) is 3.26. The molecular formula is C19H17BrN2O4. The fourth-order valence-corrected chi connectivity index (χ4v) is 2.56. The fourth-order valence-electron chi connectivity index (χ4n) is 2.29. The molecule has 0 radical (unpaired) electrons. The van der Waals surface area contributed by atoms with Gasteiger partial charge in [0.1, 0.15) is 0 Å². The summed E-state index contributed by atoms with van der Waals surface area (Å²) in [6.07, 6.45) is 0. The van der Waals surface area contributed by atoms with Gasteiger partial charge in [-0.05, 0) is 24.3 Å². The highest BCUT2D eigenvalue weighted by Gasteiger charge is 2.13. The molecular weight excluding hydrogens is 400 g/mol. The van der Waals surface area contributed by atoms with Crippen molar-refractivity contribution in [2.24, 2.45) is 0 Å². The molecule has 7 heteroatoms. The number of Topliss-reactive ketones (excluding diaryl/α,β-unsaturated/α-hetero) is 2. The number of hydrogen-bond acceptors (Lipinski definition) is 6. The minimum absolute atomic E-state index is 0. The second kappa shape index (κ2) is 8.53. The summed E-state index contributed by atoms with van der Waals surface area (Å²) in [4.78, 5) is 22.3. The van der Waals surface area contributed by atoms with Crippen molar-refractivity contribution in [2.75, 3.05) is 5.33 Å². The monoisotopic (exact) mass is 416 g/mol. The Bertz CT molecular complexity index is 1050. The maximum Gasteiger partial charge on any atom is 0.195 e. The number of para-hydroxylation sites is 2. The van der Waals surface area contributed by atoms with Crippen molar-refractivity contribution in [2.45, 2.75) is 14.4 Å². The molecule has 2 aromatic heterocycles. The Balaban J connectivity index is 0.000000180. The molecule has 0 saturated heterocycles. The number of carbonyl (C=O) groups excluding carboxylic acids is 2. The van der Waals surface area contributed by atoms with Crippen molar-refractivity contribution < 1.29 is 18.6 Å². The summed E-state index contributed by atoms with van der Waals surface area (Å²) in [6.45, 7) is 1.48. The van der Waals surface area contributed by atoms with Crippen LogP contribution in [0.2, 0.25) is 0 Å². The van der Waals surface area contributed by atoms with E-state index in [1.54, 1.807) is 12.1 Å². The van der Waals surface area contributed by atoms with Crippen LogP contribution in [0.4, 0.5) is 0 Å². The molecule has 0 aliphatic carbocycles. The van der Waals surface area contributed by atoms with Crippen LogP contribution >= 0.6 is 15.9 Å². The van der Waals surface area contributed by atoms with E-state index in [0.717, 1.165) is 10.8 Å². The summed E-state index contributed by atoms with van der Waals surface area (Å²) in [7, 11) is 0. The van der Waals surface area contributed by atoms with Gasteiger partial charge in [-0.3, -0.25) is 9.59 Å². The highest BCUT2D eigenvalue weighted by Crippen LogP contribution is 2.18. The van der Waals surface area contributed by atoms with Gasteiger partial charge in [0.05, 0.1) is 16.1 Å². The van der Waals surface area contributed by atoms with Crippen LogP contribution in [0.5, 0.6) is 0 Å². The third-order valence-corrected chi connectivity index (χ3v) is 3.98. The van der Waals surface area contributed by atoms with Crippen LogP contribution in [0.15, 0.2) is 57.6 Å². The number of fused-ring (bicyclic) bond motifs is 2. The topological polar surface area (TPSA) is 86.2 Å². The molecule has 2 aromatic carbocycles. The van der Waals surface area contributed by atoms with Crippen LogP contribution in [-0.4, -0.2) is 27.2 Å². The highest BCUT2D eigenvalue weighted by molar-refractivity contribution is 9.09. The lowest BCUT2D eigenvalue weighted by molar-refractivity contribution is 0.100. The lowest BCUT2D eigenvalue weighted by Crippen LogP contribution is -2.00. The molecule has 0 aliphatic heterocycles. The molecule has 2 heterocycles. The summed E-state index contributed by atoms with van der Waals surface area (Å²) >= 11 is 3.09. The van der Waals surface area contributed by atoms with E-state index in [1.165, 1.54) is 6.92 Å². The van der Waals surface area contributed by atoms with Crippen molar-refractivity contribution >= 4 is 49.4 Å². The van der Waals surface area contributed by atoms with Crippen molar-refractivity contribution in [1.29, 1.82) is 0 Å². The number of hydrogen-bond donors (Lipinski definition) is 0. The maximum absolute atomic E-state index is 11.3. The molecule has 4 rings (SSSR count). The maximum atomic E-state index is 11.3. The van der Waals surface area contributed by atoms with Crippen LogP contribution < -0.4 is 0 Å². The van der Waals surface area contributed by atoms with Gasteiger partial charge in [-0.2, -0.15) is 0 Å². The van der Waals surface area contributed by atoms with Crippen molar-refractivity contribution in [3.8, 4) is 0 Å². The van der Waals surface area contributed by atoms with E-state index in [1.807, 2.05) is 36.4 Å². The summed E-state index contributed by atoms with van der Waals surface area (Å²) in [6, 6.07) is 14.6. The molecule has 0 N–H and O–H groups in total. The molecule has 6 nitrogen and oxygen atoms in total. The van der Waals surface area contributed by atoms with E-state index < -0.39 is 0 Å². The molecule has 0 amide bonds. The summed E-state index contributed by atoms with van der Waals surface area (Å²) in [5.74, 6) is -0.134. The molecule has 26 heavy (non-hydrogen) atoms. The van der Waals surface area contributed by atoms with E-state index in [4.69, 9.17) is 9.05 Å². The molecule has 0 saturated carbocycles. The molecule has 0 unspecified atom stereocenters. The van der Waals surface area contributed by atoms with Gasteiger partial charge < -0.3 is 9.05 Å². The highest BCUT2D eigenvalue weighted by atomic mass is 79.9. The molecule has 0 spiro atoms. The zero-order valence-electron chi connectivity index (χ0n) is 13.2. The van der Waals surface area contributed by atoms with Crippen LogP contribution in [-0.2, 0) is 0 Å². The van der Waals surface area contributed by atoms with Gasteiger partial charge in [0.25, 0.3) is 0 Å². The quantitative estimate of drug-likeness (QED) is 0.342. The first-order chi connectivity index (χ1) is 12.1. The Labute approximate surface area is 158 Å². The van der Waals surface area contributed by atoms with Gasteiger partial charge in [0, 0.05) is 6.92 Å². The Morgan fingerprint density at radius 2 is 1.35 bits per heavy atom. The van der Waals surface area contributed by atoms with Crippen molar-refractivity contribution in [3.05, 3.63) is 59.9 Å². The van der Waals surface area contributed by atoms with Crippen molar-refractivity contribution in [3.63, 3.8) is 0 Å². The van der Waals surface area contributed by atoms with Gasteiger partial charge in [0.2, 0.25) is 0 Å². The van der Waals surface area contributed by atoms with E-state index >= 15 is 0 Å². The van der Waals surface area contributed by atoms with Gasteiger partial charge in [-0.15, -0.1) is 0 Å². The normalized spacial score (nSPS) is 10.1. The standard InChI is InChI=1S/C9H6BrNO2.C9H7NO2.CH4/c10-5-7(12)9-6-3-1-2-4-8(6)13-11-9;1-6(11)9-7-4-2-3-5-8(7)12-10-9;/h1-4H,5H2;2-5H,1H3;1H4. The largest absolute Gasteiger partial charge is 0.356 e. The number of halogens is 1. The number of rotatable bonds is 3. The first-order valence-corrected chi connectivity index (χ1v) is 8.53. The van der Waals surface area contributed by atoms with E-state index in [-0.39, 0.29) is 24.3 Å². The summed E-state index contributed by atoms with van der Waals surface area (Å²) < 4.78 is 9.92. The first kappa shape index (κ1) is 19.5. The minimum Gasteiger partial charge on any atom is -0.356 e. The number of nitrogens with zero attached hydrogens (tertiary/aromatic N) is 2. The Morgan fingerprint density at radius 1 is 0.885 bits per heavy atom. The number of alkyl halides is 1. The lowest BCUT2D eigenvalue weighted by Gasteiger charge is -1.88. The molecule has 4 aromatic rings. The predicted octanol–water partition coefficient (Wildman–Crippen LogP) is 5.07. The lowest BCUT2D eigenvalue weighted by atomic mass is 10.2. The van der Waals surface area contributed by atoms with Gasteiger partial charge >= 0.3 is 0 Å². The molecule has 134 valence electrons. The zero-order chi connectivity index (χ0) is 17.8. The number of aromatic nitrogens is 2. The SMILES string of the molecule is C.CC(=O)c1noc2ccccc12.O=C(CBr)c1noc2ccccc12. The molecule has 0 fully saturated rings. The van der Waals surface area contributed by atoms with Crippen LogP contribution in [0.3, 0.4) is 0 Å². The Kier molecular flexibility index (Phi) is 6.41.